The number of carbonyl (C=O) groups excluding carboxylic acids is 1. The van der Waals surface area contributed by atoms with E-state index in [1.165, 1.54) is 7.11 Å². The fourth-order valence-electron chi connectivity index (χ4n) is 2.04. The van der Waals surface area contributed by atoms with Crippen LogP contribution in [0.3, 0.4) is 0 Å². The molecule has 0 bridgehead atoms. The molecule has 0 spiro atoms. The molecule has 3 rings (SSSR count). The maximum absolute atomic E-state index is 11.6. The van der Waals surface area contributed by atoms with Gasteiger partial charge in [0.05, 0.1) is 12.6 Å². The number of aromatic amines is 1. The van der Waals surface area contributed by atoms with Crippen molar-refractivity contribution in [2.24, 2.45) is 0 Å². The highest BCUT2D eigenvalue weighted by molar-refractivity contribution is 6.14. The van der Waals surface area contributed by atoms with Crippen LogP contribution < -0.4 is 0 Å². The van der Waals surface area contributed by atoms with Crippen LogP contribution in [0.2, 0.25) is 0 Å². The smallest absolute Gasteiger partial charge is 0.359 e. The predicted octanol–water partition coefficient (Wildman–Crippen LogP) is 2.50. The number of hydrogen-bond donors (Lipinski definition) is 1. The van der Waals surface area contributed by atoms with E-state index in [0.717, 1.165) is 21.7 Å². The number of rotatable bonds is 1. The standard InChI is InChI=1S/C13H10N2O2/c1-17-13(16)12-11-9-5-3-2-4-8(9)6-7-10(11)14-15-12/h2-7H,1H3,(H,14,15). The van der Waals surface area contributed by atoms with Gasteiger partial charge in [0.25, 0.3) is 0 Å². The molecule has 0 fully saturated rings. The van der Waals surface area contributed by atoms with Crippen LogP contribution in [0.1, 0.15) is 10.5 Å². The van der Waals surface area contributed by atoms with Gasteiger partial charge in [0.2, 0.25) is 0 Å². The minimum atomic E-state index is -0.424. The van der Waals surface area contributed by atoms with Crippen molar-refractivity contribution in [2.75, 3.05) is 7.11 Å². The summed E-state index contributed by atoms with van der Waals surface area (Å²) >= 11 is 0. The summed E-state index contributed by atoms with van der Waals surface area (Å²) in [6, 6.07) is 11.8. The maximum atomic E-state index is 11.6. The fourth-order valence-corrected chi connectivity index (χ4v) is 2.04. The number of nitrogens with zero attached hydrogens (tertiary/aromatic N) is 1. The number of carbonyl (C=O) groups is 1. The molecule has 0 amide bonds. The highest BCUT2D eigenvalue weighted by atomic mass is 16.5. The average Bonchev–Trinajstić information content (AvgIpc) is 2.82. The molecular formula is C13H10N2O2. The van der Waals surface area contributed by atoms with E-state index in [1.54, 1.807) is 0 Å². The molecule has 0 radical (unpaired) electrons. The molecular weight excluding hydrogens is 216 g/mol. The third-order valence-electron chi connectivity index (χ3n) is 2.83. The highest BCUT2D eigenvalue weighted by Gasteiger charge is 2.16. The van der Waals surface area contributed by atoms with Crippen LogP contribution in [0, 0.1) is 0 Å². The Morgan fingerprint density at radius 3 is 2.88 bits per heavy atom. The Bertz CT molecular complexity index is 716. The van der Waals surface area contributed by atoms with Gasteiger partial charge in [-0.05, 0) is 16.8 Å². The zero-order valence-corrected chi connectivity index (χ0v) is 9.23. The summed E-state index contributed by atoms with van der Waals surface area (Å²) in [7, 11) is 1.36. The van der Waals surface area contributed by atoms with E-state index >= 15 is 0 Å². The number of ether oxygens (including phenoxy) is 1. The molecule has 0 saturated carbocycles. The first kappa shape index (κ1) is 9.84. The lowest BCUT2D eigenvalue weighted by Crippen LogP contribution is -2.02. The maximum Gasteiger partial charge on any atom is 0.359 e. The van der Waals surface area contributed by atoms with Gasteiger partial charge in [0.1, 0.15) is 0 Å². The average molecular weight is 226 g/mol. The molecule has 17 heavy (non-hydrogen) atoms. The molecule has 0 aliphatic rings. The number of aromatic nitrogens is 2. The molecule has 0 aliphatic carbocycles. The minimum Gasteiger partial charge on any atom is -0.464 e. The van der Waals surface area contributed by atoms with Crippen LogP contribution in [0.15, 0.2) is 36.4 Å². The number of esters is 1. The van der Waals surface area contributed by atoms with Crippen molar-refractivity contribution < 1.29 is 9.53 Å². The van der Waals surface area contributed by atoms with E-state index in [4.69, 9.17) is 4.74 Å². The minimum absolute atomic E-state index is 0.333. The Kier molecular flexibility index (Phi) is 2.08. The van der Waals surface area contributed by atoms with E-state index in [2.05, 4.69) is 10.2 Å². The first-order valence-corrected chi connectivity index (χ1v) is 5.25. The van der Waals surface area contributed by atoms with Crippen LogP contribution >= 0.6 is 0 Å². The third-order valence-corrected chi connectivity index (χ3v) is 2.83. The normalized spacial score (nSPS) is 10.9. The lowest BCUT2D eigenvalue weighted by molar-refractivity contribution is 0.0596. The molecule has 0 aliphatic heterocycles. The highest BCUT2D eigenvalue weighted by Crippen LogP contribution is 2.26. The Hall–Kier alpha value is -2.36. The van der Waals surface area contributed by atoms with Gasteiger partial charge in [-0.1, -0.05) is 30.3 Å². The summed E-state index contributed by atoms with van der Waals surface area (Å²) in [5, 5.41) is 9.75. The third kappa shape index (κ3) is 1.38. The number of H-pyrrole nitrogens is 1. The summed E-state index contributed by atoms with van der Waals surface area (Å²) in [6.45, 7) is 0. The lowest BCUT2D eigenvalue weighted by Gasteiger charge is -2.00. The van der Waals surface area contributed by atoms with Gasteiger partial charge >= 0.3 is 5.97 Å². The van der Waals surface area contributed by atoms with Crippen molar-refractivity contribution in [3.8, 4) is 0 Å². The molecule has 0 unspecified atom stereocenters. The number of methoxy groups -OCH3 is 1. The van der Waals surface area contributed by atoms with Gasteiger partial charge in [-0.25, -0.2) is 4.79 Å². The Morgan fingerprint density at radius 2 is 2.06 bits per heavy atom. The summed E-state index contributed by atoms with van der Waals surface area (Å²) in [6.07, 6.45) is 0. The summed E-state index contributed by atoms with van der Waals surface area (Å²) in [5.74, 6) is -0.424. The van der Waals surface area contributed by atoms with Crippen molar-refractivity contribution >= 4 is 27.6 Å². The van der Waals surface area contributed by atoms with Gasteiger partial charge in [-0.2, -0.15) is 5.10 Å². The lowest BCUT2D eigenvalue weighted by atomic mass is 10.0. The largest absolute Gasteiger partial charge is 0.464 e. The number of benzene rings is 2. The monoisotopic (exact) mass is 226 g/mol. The summed E-state index contributed by atoms with van der Waals surface area (Å²) < 4.78 is 4.73. The predicted molar refractivity (Wildman–Crippen MR) is 64.9 cm³/mol. The van der Waals surface area contributed by atoms with E-state index in [1.807, 2.05) is 36.4 Å². The van der Waals surface area contributed by atoms with Crippen molar-refractivity contribution in [3.05, 3.63) is 42.1 Å². The molecule has 4 heteroatoms. The molecule has 1 N–H and O–H groups in total. The molecule has 1 heterocycles. The number of fused-ring (bicyclic) bond motifs is 3. The second-order valence-corrected chi connectivity index (χ2v) is 3.77. The van der Waals surface area contributed by atoms with E-state index in [9.17, 15) is 4.79 Å². The zero-order valence-electron chi connectivity index (χ0n) is 9.23. The quantitative estimate of drug-likeness (QED) is 0.648. The molecule has 2 aromatic carbocycles. The van der Waals surface area contributed by atoms with E-state index in [0.29, 0.717) is 5.69 Å². The van der Waals surface area contributed by atoms with Crippen molar-refractivity contribution in [3.63, 3.8) is 0 Å². The Morgan fingerprint density at radius 1 is 1.24 bits per heavy atom. The molecule has 0 saturated heterocycles. The van der Waals surface area contributed by atoms with Crippen LogP contribution in [-0.2, 0) is 4.74 Å². The van der Waals surface area contributed by atoms with Crippen molar-refractivity contribution in [2.45, 2.75) is 0 Å². The molecule has 84 valence electrons. The molecule has 3 aromatic rings. The van der Waals surface area contributed by atoms with Crippen molar-refractivity contribution in [1.82, 2.24) is 10.2 Å². The van der Waals surface area contributed by atoms with Crippen LogP contribution in [-0.4, -0.2) is 23.3 Å². The Balaban J connectivity index is 2.46. The van der Waals surface area contributed by atoms with E-state index in [-0.39, 0.29) is 0 Å². The molecule has 0 atom stereocenters. The first-order chi connectivity index (χ1) is 8.31. The second kappa shape index (κ2) is 3.59. The van der Waals surface area contributed by atoms with Gasteiger partial charge < -0.3 is 4.74 Å². The summed E-state index contributed by atoms with van der Waals surface area (Å²) in [5.41, 5.74) is 1.17. The summed E-state index contributed by atoms with van der Waals surface area (Å²) in [4.78, 5) is 11.6. The van der Waals surface area contributed by atoms with Crippen molar-refractivity contribution in [1.29, 1.82) is 0 Å². The zero-order chi connectivity index (χ0) is 11.8. The van der Waals surface area contributed by atoms with Crippen LogP contribution in [0.4, 0.5) is 0 Å². The van der Waals surface area contributed by atoms with Gasteiger partial charge in [-0.15, -0.1) is 0 Å². The number of hydrogen-bond acceptors (Lipinski definition) is 3. The van der Waals surface area contributed by atoms with Gasteiger partial charge in [0, 0.05) is 5.39 Å². The fraction of sp³-hybridized carbons (Fsp3) is 0.0769. The molecule has 4 nitrogen and oxygen atoms in total. The first-order valence-electron chi connectivity index (χ1n) is 5.25. The topological polar surface area (TPSA) is 55.0 Å². The van der Waals surface area contributed by atoms with E-state index < -0.39 is 5.97 Å². The second-order valence-electron chi connectivity index (χ2n) is 3.77. The van der Waals surface area contributed by atoms with Gasteiger partial charge in [-0.3, -0.25) is 5.10 Å². The Labute approximate surface area is 97.2 Å². The van der Waals surface area contributed by atoms with Gasteiger partial charge in [0.15, 0.2) is 5.69 Å². The van der Waals surface area contributed by atoms with Crippen LogP contribution in [0.5, 0.6) is 0 Å². The van der Waals surface area contributed by atoms with Crippen LogP contribution in [0.25, 0.3) is 21.7 Å². The number of nitrogens with one attached hydrogen (secondary N) is 1. The molecule has 1 aromatic heterocycles. The SMILES string of the molecule is COC(=O)c1n[nH]c2ccc3ccccc3c12.